The molecule has 0 aromatic carbocycles. The maximum Gasteiger partial charge on any atom is 0.237 e. The van der Waals surface area contributed by atoms with Crippen LogP contribution >= 0.6 is 0 Å². The Hall–Kier alpha value is -1.10. The maximum atomic E-state index is 11.6. The van der Waals surface area contributed by atoms with E-state index in [1.165, 1.54) is 0 Å². The third-order valence-electron chi connectivity index (χ3n) is 2.78. The first kappa shape index (κ1) is 15.9. The molecule has 0 aliphatic carbocycles. The predicted octanol–water partition coefficient (Wildman–Crippen LogP) is 0.392. The van der Waals surface area contributed by atoms with Gasteiger partial charge in [-0.2, -0.15) is 0 Å². The van der Waals surface area contributed by atoms with Gasteiger partial charge in [0.1, 0.15) is 0 Å². The molecule has 0 rings (SSSR count). The summed E-state index contributed by atoms with van der Waals surface area (Å²) in [7, 11) is 0. The number of carbonyl (C=O) groups is 2. The van der Waals surface area contributed by atoms with E-state index in [-0.39, 0.29) is 17.7 Å². The fourth-order valence-corrected chi connectivity index (χ4v) is 1.28. The summed E-state index contributed by atoms with van der Waals surface area (Å²) in [5.74, 6) is -0.0594. The molecule has 0 fully saturated rings. The van der Waals surface area contributed by atoms with Gasteiger partial charge in [-0.3, -0.25) is 9.59 Å². The van der Waals surface area contributed by atoms with Crippen molar-refractivity contribution in [1.82, 2.24) is 10.6 Å². The van der Waals surface area contributed by atoms with Gasteiger partial charge < -0.3 is 16.4 Å². The van der Waals surface area contributed by atoms with Gasteiger partial charge in [0, 0.05) is 19.5 Å². The zero-order valence-electron chi connectivity index (χ0n) is 11.1. The number of nitrogens with two attached hydrogens (primary N) is 1. The smallest absolute Gasteiger partial charge is 0.237 e. The van der Waals surface area contributed by atoms with E-state index in [0.29, 0.717) is 19.5 Å². The predicted molar refractivity (Wildman–Crippen MR) is 68.4 cm³/mol. The van der Waals surface area contributed by atoms with Crippen molar-refractivity contribution < 1.29 is 9.59 Å². The van der Waals surface area contributed by atoms with Crippen LogP contribution in [0.4, 0.5) is 0 Å². The second-order valence-electron chi connectivity index (χ2n) is 4.30. The zero-order chi connectivity index (χ0) is 13.3. The van der Waals surface area contributed by atoms with E-state index in [1.807, 2.05) is 20.8 Å². The lowest BCUT2D eigenvalue weighted by Gasteiger charge is -2.17. The molecule has 17 heavy (non-hydrogen) atoms. The van der Waals surface area contributed by atoms with Crippen molar-refractivity contribution >= 4 is 11.8 Å². The topological polar surface area (TPSA) is 84.2 Å². The van der Waals surface area contributed by atoms with Crippen LogP contribution in [0, 0.1) is 5.92 Å². The highest BCUT2D eigenvalue weighted by Crippen LogP contribution is 2.04. The second-order valence-corrected chi connectivity index (χ2v) is 4.30. The molecule has 0 bridgehead atoms. The number of nitrogens with one attached hydrogen (secondary N) is 2. The normalized spacial score (nSPS) is 13.9. The van der Waals surface area contributed by atoms with Crippen LogP contribution in [0.1, 0.15) is 40.0 Å². The van der Waals surface area contributed by atoms with Gasteiger partial charge in [-0.1, -0.05) is 27.2 Å². The van der Waals surface area contributed by atoms with E-state index >= 15 is 0 Å². The summed E-state index contributed by atoms with van der Waals surface area (Å²) in [5.41, 5.74) is 5.76. The highest BCUT2D eigenvalue weighted by molar-refractivity contribution is 5.82. The molecule has 1 unspecified atom stereocenters. The summed E-state index contributed by atoms with van der Waals surface area (Å²) in [4.78, 5) is 22.8. The van der Waals surface area contributed by atoms with Crippen LogP contribution in [-0.4, -0.2) is 30.9 Å². The maximum absolute atomic E-state index is 11.6. The van der Waals surface area contributed by atoms with Crippen molar-refractivity contribution in [3.63, 3.8) is 0 Å². The Morgan fingerprint density at radius 2 is 1.82 bits per heavy atom. The average molecular weight is 243 g/mol. The molecule has 4 N–H and O–H groups in total. The fraction of sp³-hybridized carbons (Fsp3) is 0.833. The molecule has 0 aromatic heterocycles. The van der Waals surface area contributed by atoms with Crippen molar-refractivity contribution in [3.8, 4) is 0 Å². The average Bonchev–Trinajstić information content (AvgIpc) is 2.34. The van der Waals surface area contributed by atoms with Crippen LogP contribution in [0.5, 0.6) is 0 Å². The van der Waals surface area contributed by atoms with Crippen molar-refractivity contribution in [2.75, 3.05) is 13.1 Å². The molecule has 0 aliphatic rings. The van der Waals surface area contributed by atoms with Gasteiger partial charge >= 0.3 is 0 Å². The molecule has 100 valence electrons. The van der Waals surface area contributed by atoms with Gasteiger partial charge in [-0.25, -0.2) is 0 Å². The highest BCUT2D eigenvalue weighted by atomic mass is 16.2. The molecule has 2 amide bonds. The summed E-state index contributed by atoms with van der Waals surface area (Å²) >= 11 is 0. The van der Waals surface area contributed by atoms with Crippen LogP contribution in [0.15, 0.2) is 0 Å². The molecule has 0 aromatic rings. The highest BCUT2D eigenvalue weighted by Gasteiger charge is 2.18. The third-order valence-corrected chi connectivity index (χ3v) is 2.78. The van der Waals surface area contributed by atoms with Crippen molar-refractivity contribution in [2.24, 2.45) is 11.7 Å². The van der Waals surface area contributed by atoms with E-state index in [0.717, 1.165) is 12.8 Å². The minimum Gasteiger partial charge on any atom is -0.356 e. The zero-order valence-corrected chi connectivity index (χ0v) is 11.1. The summed E-state index contributed by atoms with van der Waals surface area (Å²) in [6, 6.07) is -0.487. The van der Waals surface area contributed by atoms with E-state index in [2.05, 4.69) is 10.6 Å². The minimum absolute atomic E-state index is 0.0377. The minimum atomic E-state index is -0.487. The van der Waals surface area contributed by atoms with Gasteiger partial charge in [-0.15, -0.1) is 0 Å². The van der Waals surface area contributed by atoms with E-state index in [1.54, 1.807) is 0 Å². The molecule has 0 spiro atoms. The Morgan fingerprint density at radius 3 is 2.35 bits per heavy atom. The first-order valence-corrected chi connectivity index (χ1v) is 6.32. The molecule has 5 heteroatoms. The molecule has 0 aliphatic heterocycles. The van der Waals surface area contributed by atoms with Crippen molar-refractivity contribution in [2.45, 2.75) is 46.1 Å². The lowest BCUT2D eigenvalue weighted by molar-refractivity contribution is -0.124. The molecular weight excluding hydrogens is 218 g/mol. The van der Waals surface area contributed by atoms with E-state index in [9.17, 15) is 9.59 Å². The summed E-state index contributed by atoms with van der Waals surface area (Å²) < 4.78 is 0. The summed E-state index contributed by atoms with van der Waals surface area (Å²) in [5, 5.41) is 5.43. The van der Waals surface area contributed by atoms with Gasteiger partial charge in [-0.05, 0) is 12.3 Å². The monoisotopic (exact) mass is 243 g/mol. The summed E-state index contributed by atoms with van der Waals surface area (Å²) in [6.07, 6.45) is 2.08. The molecule has 0 saturated heterocycles. The molecule has 0 radical (unpaired) electrons. The van der Waals surface area contributed by atoms with Crippen molar-refractivity contribution in [1.29, 1.82) is 0 Å². The number of carbonyl (C=O) groups excluding carboxylic acids is 2. The number of rotatable bonds is 8. The first-order chi connectivity index (χ1) is 8.02. The Morgan fingerprint density at radius 1 is 1.18 bits per heavy atom. The number of hydrogen-bond donors (Lipinski definition) is 3. The Balaban J connectivity index is 3.74. The SMILES string of the molecule is CCCNC(=O)CCNC(=O)[C@@H](N)C(C)CC. The molecule has 5 nitrogen and oxygen atoms in total. The van der Waals surface area contributed by atoms with Gasteiger partial charge in [0.15, 0.2) is 0 Å². The Kier molecular flexibility index (Phi) is 8.40. The molecular formula is C12H25N3O2. The number of hydrogen-bond acceptors (Lipinski definition) is 3. The van der Waals surface area contributed by atoms with Crippen LogP contribution in [0.3, 0.4) is 0 Å². The standard InChI is InChI=1S/C12H25N3O2/c1-4-7-14-10(16)6-8-15-12(17)11(13)9(3)5-2/h9,11H,4-8,13H2,1-3H3,(H,14,16)(H,15,17)/t9?,11-/m0/s1. The van der Waals surface area contributed by atoms with Crippen LogP contribution in [0.25, 0.3) is 0 Å². The van der Waals surface area contributed by atoms with E-state index < -0.39 is 6.04 Å². The molecule has 0 heterocycles. The van der Waals surface area contributed by atoms with Crippen LogP contribution < -0.4 is 16.4 Å². The van der Waals surface area contributed by atoms with Gasteiger partial charge in [0.05, 0.1) is 6.04 Å². The Labute approximate surface area is 104 Å². The first-order valence-electron chi connectivity index (χ1n) is 6.32. The van der Waals surface area contributed by atoms with Crippen molar-refractivity contribution in [3.05, 3.63) is 0 Å². The lowest BCUT2D eigenvalue weighted by atomic mass is 9.99. The second kappa shape index (κ2) is 8.98. The van der Waals surface area contributed by atoms with Crippen LogP contribution in [-0.2, 0) is 9.59 Å². The summed E-state index contributed by atoms with van der Waals surface area (Å²) in [6.45, 7) is 6.96. The van der Waals surface area contributed by atoms with Gasteiger partial charge in [0.25, 0.3) is 0 Å². The fourth-order valence-electron chi connectivity index (χ4n) is 1.28. The Bertz CT molecular complexity index is 244. The molecule has 2 atom stereocenters. The van der Waals surface area contributed by atoms with E-state index in [4.69, 9.17) is 5.73 Å². The van der Waals surface area contributed by atoms with Crippen LogP contribution in [0.2, 0.25) is 0 Å². The quantitative estimate of drug-likeness (QED) is 0.576. The third kappa shape index (κ3) is 6.94. The van der Waals surface area contributed by atoms with Gasteiger partial charge in [0.2, 0.25) is 11.8 Å². The lowest BCUT2D eigenvalue weighted by Crippen LogP contribution is -2.45. The number of amides is 2. The largest absolute Gasteiger partial charge is 0.356 e. The molecule has 0 saturated carbocycles.